The zero-order chi connectivity index (χ0) is 13.3. The van der Waals surface area contributed by atoms with Crippen LogP contribution in [0.5, 0.6) is 0 Å². The van der Waals surface area contributed by atoms with Crippen molar-refractivity contribution >= 4 is 0 Å². The minimum absolute atomic E-state index is 1.06. The molecule has 0 aromatic heterocycles. The summed E-state index contributed by atoms with van der Waals surface area (Å²) in [7, 11) is 2.00. The highest BCUT2D eigenvalue weighted by molar-refractivity contribution is 5.26. The van der Waals surface area contributed by atoms with Gasteiger partial charge in [0.1, 0.15) is 0 Å². The van der Waals surface area contributed by atoms with E-state index in [0.717, 1.165) is 11.3 Å². The summed E-state index contributed by atoms with van der Waals surface area (Å²) >= 11 is 0. The zero-order valence-electron chi connectivity index (χ0n) is 11.4. The molecule has 0 amide bonds. The summed E-state index contributed by atoms with van der Waals surface area (Å²) in [6.45, 7) is 13.7. The zero-order valence-corrected chi connectivity index (χ0v) is 11.4. The Morgan fingerprint density at radius 2 is 1.65 bits per heavy atom. The molecule has 0 aliphatic carbocycles. The van der Waals surface area contributed by atoms with Crippen molar-refractivity contribution in [3.63, 3.8) is 0 Å². The van der Waals surface area contributed by atoms with Crippen LogP contribution in [0.2, 0.25) is 0 Å². The summed E-state index contributed by atoms with van der Waals surface area (Å²) in [4.78, 5) is 2.03. The molecule has 0 unspecified atom stereocenters. The minimum atomic E-state index is 1.06. The van der Waals surface area contributed by atoms with Crippen LogP contribution in [0, 0.1) is 0 Å². The van der Waals surface area contributed by atoms with Gasteiger partial charge in [-0.05, 0) is 44.6 Å². The van der Waals surface area contributed by atoms with Crippen molar-refractivity contribution in [2.24, 2.45) is 0 Å². The molecule has 0 heterocycles. The Morgan fingerprint density at radius 1 is 1.00 bits per heavy atom. The summed E-state index contributed by atoms with van der Waals surface area (Å²) in [6.07, 6.45) is 13.8. The number of hydrogen-bond acceptors (Lipinski definition) is 1. The Hall–Kier alpha value is -1.76. The van der Waals surface area contributed by atoms with Crippen molar-refractivity contribution < 1.29 is 0 Å². The molecule has 0 aliphatic rings. The molecule has 0 bridgehead atoms. The van der Waals surface area contributed by atoms with Gasteiger partial charge in [-0.1, -0.05) is 37.0 Å². The molecule has 17 heavy (non-hydrogen) atoms. The van der Waals surface area contributed by atoms with Crippen LogP contribution >= 0.6 is 0 Å². The van der Waals surface area contributed by atoms with E-state index in [-0.39, 0.29) is 0 Å². The lowest BCUT2D eigenvalue weighted by Gasteiger charge is -2.14. The topological polar surface area (TPSA) is 3.24 Å². The molecule has 0 atom stereocenters. The van der Waals surface area contributed by atoms with E-state index in [1.54, 1.807) is 6.08 Å². The predicted octanol–water partition coefficient (Wildman–Crippen LogP) is 4.60. The highest BCUT2D eigenvalue weighted by atomic mass is 15.1. The smallest absolute Gasteiger partial charge is 0.0397 e. The lowest BCUT2D eigenvalue weighted by atomic mass is 10.2. The molecule has 0 saturated carbocycles. The summed E-state index contributed by atoms with van der Waals surface area (Å²) in [6, 6.07) is 0. The normalized spacial score (nSPS) is 12.5. The third-order valence-corrected chi connectivity index (χ3v) is 2.15. The average molecular weight is 229 g/mol. The van der Waals surface area contributed by atoms with E-state index in [1.807, 2.05) is 43.3 Å². The molecule has 1 nitrogen and oxygen atoms in total. The number of nitrogens with zero attached hydrogens (tertiary/aromatic N) is 1. The first kappa shape index (κ1) is 15.2. The van der Waals surface area contributed by atoms with Crippen molar-refractivity contribution in [2.75, 3.05) is 7.05 Å². The first-order valence-electron chi connectivity index (χ1n) is 5.69. The second kappa shape index (κ2) is 8.40. The van der Waals surface area contributed by atoms with Gasteiger partial charge < -0.3 is 4.90 Å². The van der Waals surface area contributed by atoms with Crippen LogP contribution in [-0.4, -0.2) is 11.9 Å². The molecule has 0 rings (SSSR count). The standard InChI is InChI=1S/C16H23N/c1-7-9-15(5)12-13-17(6)16(8-2)11-10-14(3)4/h7-13H,1-2H2,3-6H3/b13-12-,15-9-,16-11+. The molecule has 0 saturated heterocycles. The van der Waals surface area contributed by atoms with Gasteiger partial charge in [-0.15, -0.1) is 0 Å². The number of hydrogen-bond donors (Lipinski definition) is 0. The molecule has 0 fully saturated rings. The Balaban J connectivity index is 4.78. The van der Waals surface area contributed by atoms with E-state index in [0.29, 0.717) is 0 Å². The van der Waals surface area contributed by atoms with Crippen LogP contribution in [0.3, 0.4) is 0 Å². The second-order valence-corrected chi connectivity index (χ2v) is 4.11. The summed E-state index contributed by atoms with van der Waals surface area (Å²) in [5.41, 5.74) is 3.50. The van der Waals surface area contributed by atoms with Crippen LogP contribution in [0.15, 0.2) is 72.7 Å². The van der Waals surface area contributed by atoms with Crippen molar-refractivity contribution in [3.05, 3.63) is 72.7 Å². The summed E-state index contributed by atoms with van der Waals surface area (Å²) in [5, 5.41) is 0. The van der Waals surface area contributed by atoms with Gasteiger partial charge in [0.2, 0.25) is 0 Å². The van der Waals surface area contributed by atoms with E-state index in [2.05, 4.69) is 39.2 Å². The van der Waals surface area contributed by atoms with E-state index >= 15 is 0 Å². The van der Waals surface area contributed by atoms with Crippen LogP contribution in [0.1, 0.15) is 20.8 Å². The lowest BCUT2D eigenvalue weighted by molar-refractivity contribution is 0.588. The molecule has 92 valence electrons. The summed E-state index contributed by atoms with van der Waals surface area (Å²) < 4.78 is 0. The van der Waals surface area contributed by atoms with E-state index < -0.39 is 0 Å². The molecular weight excluding hydrogens is 206 g/mol. The third kappa shape index (κ3) is 7.18. The Kier molecular flexibility index (Phi) is 7.53. The molecule has 0 radical (unpaired) electrons. The average Bonchev–Trinajstić information content (AvgIpc) is 2.27. The van der Waals surface area contributed by atoms with E-state index in [4.69, 9.17) is 0 Å². The van der Waals surface area contributed by atoms with Crippen LogP contribution in [-0.2, 0) is 0 Å². The number of rotatable bonds is 6. The predicted molar refractivity (Wildman–Crippen MR) is 78.6 cm³/mol. The van der Waals surface area contributed by atoms with Gasteiger partial charge in [-0.25, -0.2) is 0 Å². The quantitative estimate of drug-likeness (QED) is 0.602. The Morgan fingerprint density at radius 3 is 2.12 bits per heavy atom. The van der Waals surface area contributed by atoms with Crippen molar-refractivity contribution in [1.82, 2.24) is 4.90 Å². The number of likely N-dealkylation sites (N-methyl/N-ethyl adjacent to an activating group) is 1. The Labute approximate surface area is 106 Å². The largest absolute Gasteiger partial charge is 0.351 e. The first-order chi connectivity index (χ1) is 8.01. The first-order valence-corrected chi connectivity index (χ1v) is 5.69. The highest BCUT2D eigenvalue weighted by Crippen LogP contribution is 2.06. The lowest BCUT2D eigenvalue weighted by Crippen LogP contribution is -2.07. The van der Waals surface area contributed by atoms with Gasteiger partial charge in [0.15, 0.2) is 0 Å². The van der Waals surface area contributed by atoms with E-state index in [9.17, 15) is 0 Å². The Bertz CT molecular complexity index is 374. The second-order valence-electron chi connectivity index (χ2n) is 4.11. The maximum atomic E-state index is 3.82. The monoisotopic (exact) mass is 229 g/mol. The van der Waals surface area contributed by atoms with Gasteiger partial charge in [-0.2, -0.15) is 0 Å². The molecule has 0 spiro atoms. The van der Waals surface area contributed by atoms with Gasteiger partial charge in [0.25, 0.3) is 0 Å². The third-order valence-electron chi connectivity index (χ3n) is 2.15. The minimum Gasteiger partial charge on any atom is -0.351 e. The van der Waals surface area contributed by atoms with Gasteiger partial charge in [0.05, 0.1) is 0 Å². The molecule has 1 heteroatoms. The molecule has 0 aliphatic heterocycles. The van der Waals surface area contributed by atoms with Crippen LogP contribution in [0.4, 0.5) is 0 Å². The fraction of sp³-hybridized carbons (Fsp3) is 0.250. The fourth-order valence-electron chi connectivity index (χ4n) is 1.14. The van der Waals surface area contributed by atoms with E-state index in [1.165, 1.54) is 5.57 Å². The van der Waals surface area contributed by atoms with Crippen molar-refractivity contribution in [2.45, 2.75) is 20.8 Å². The molecule has 0 N–H and O–H groups in total. The van der Waals surface area contributed by atoms with Gasteiger partial charge in [-0.3, -0.25) is 0 Å². The molecule has 0 aromatic rings. The van der Waals surface area contributed by atoms with Crippen molar-refractivity contribution in [3.8, 4) is 0 Å². The number of allylic oxidation sites excluding steroid dienone is 8. The fourth-order valence-corrected chi connectivity index (χ4v) is 1.14. The molecule has 0 aromatic carbocycles. The molecular formula is C16H23N. The maximum Gasteiger partial charge on any atom is 0.0397 e. The summed E-state index contributed by atoms with van der Waals surface area (Å²) in [5.74, 6) is 0. The SMILES string of the molecule is C=C/C=C(C)\C=C/N(C)/C(C=C)=C/C=C(C)C. The van der Waals surface area contributed by atoms with Crippen molar-refractivity contribution in [1.29, 1.82) is 0 Å². The van der Waals surface area contributed by atoms with Gasteiger partial charge in [0, 0.05) is 18.9 Å². The van der Waals surface area contributed by atoms with Crippen LogP contribution in [0.25, 0.3) is 0 Å². The van der Waals surface area contributed by atoms with Crippen LogP contribution < -0.4 is 0 Å². The maximum absolute atomic E-state index is 3.82. The van der Waals surface area contributed by atoms with Gasteiger partial charge >= 0.3 is 0 Å². The highest BCUT2D eigenvalue weighted by Gasteiger charge is 1.94.